The van der Waals surface area contributed by atoms with Crippen molar-refractivity contribution in [2.24, 2.45) is 0 Å². The van der Waals surface area contributed by atoms with Crippen molar-refractivity contribution in [3.63, 3.8) is 0 Å². The maximum absolute atomic E-state index is 12.3. The minimum Gasteiger partial charge on any atom is -0.349 e. The average molecular weight is 360 g/mol. The number of fused-ring (bicyclic) bond motifs is 1. The summed E-state index contributed by atoms with van der Waals surface area (Å²) < 4.78 is 0. The van der Waals surface area contributed by atoms with Gasteiger partial charge in [0.2, 0.25) is 5.91 Å². The van der Waals surface area contributed by atoms with Crippen LogP contribution in [0.2, 0.25) is 0 Å². The van der Waals surface area contributed by atoms with E-state index in [1.54, 1.807) is 24.3 Å². The molecule has 0 radical (unpaired) electrons. The zero-order chi connectivity index (χ0) is 18.6. The number of hydrogen-bond acceptors (Lipinski definition) is 2. The Bertz CT molecular complexity index is 866. The highest BCUT2D eigenvalue weighted by Gasteiger charge is 2.23. The quantitative estimate of drug-likeness (QED) is 0.797. The van der Waals surface area contributed by atoms with Crippen LogP contribution in [0.3, 0.4) is 0 Å². The van der Waals surface area contributed by atoms with Gasteiger partial charge in [-0.05, 0) is 67.0 Å². The van der Waals surface area contributed by atoms with Crippen LogP contribution in [0, 0.1) is 0 Å². The Morgan fingerprint density at radius 2 is 1.70 bits per heavy atom. The van der Waals surface area contributed by atoms with Gasteiger partial charge in [0, 0.05) is 17.7 Å². The van der Waals surface area contributed by atoms with Gasteiger partial charge >= 0.3 is 0 Å². The molecule has 138 valence electrons. The van der Waals surface area contributed by atoms with Crippen LogP contribution in [0.1, 0.15) is 58.8 Å². The van der Waals surface area contributed by atoms with Crippen LogP contribution < -0.4 is 10.6 Å². The lowest BCUT2D eigenvalue weighted by molar-refractivity contribution is -0.117. The maximum atomic E-state index is 12.3. The number of amides is 2. The molecule has 1 saturated carbocycles. The standard InChI is InChI=1S/C23H24N2O2/c26-22(25-21-7-3-5-17-4-1-2-6-20(17)21)15-10-16-8-11-18(12-9-16)23(27)24-19-13-14-19/h1-2,4,6,8-12,15,19,21H,3,5,7,13-14H2,(H,24,27)(H,25,26)/b15-10+. The Hall–Kier alpha value is -2.88. The first-order chi connectivity index (χ1) is 13.2. The van der Waals surface area contributed by atoms with Gasteiger partial charge < -0.3 is 10.6 Å². The third-order valence-corrected chi connectivity index (χ3v) is 5.20. The third kappa shape index (κ3) is 4.45. The first-order valence-electron chi connectivity index (χ1n) is 9.66. The summed E-state index contributed by atoms with van der Waals surface area (Å²) in [5.74, 6) is -0.117. The first kappa shape index (κ1) is 17.5. The van der Waals surface area contributed by atoms with E-state index in [1.165, 1.54) is 11.1 Å². The van der Waals surface area contributed by atoms with Crippen LogP contribution in [0.4, 0.5) is 0 Å². The summed E-state index contributed by atoms with van der Waals surface area (Å²) in [7, 11) is 0. The zero-order valence-electron chi connectivity index (χ0n) is 15.3. The molecule has 0 aromatic heterocycles. The van der Waals surface area contributed by atoms with Crippen molar-refractivity contribution in [1.29, 1.82) is 0 Å². The fourth-order valence-electron chi connectivity index (χ4n) is 3.54. The Balaban J connectivity index is 1.35. The highest BCUT2D eigenvalue weighted by Crippen LogP contribution is 2.29. The van der Waals surface area contributed by atoms with Gasteiger partial charge in [-0.15, -0.1) is 0 Å². The highest BCUT2D eigenvalue weighted by molar-refractivity contribution is 5.95. The first-order valence-corrected chi connectivity index (χ1v) is 9.66. The average Bonchev–Trinajstić information content (AvgIpc) is 3.51. The lowest BCUT2D eigenvalue weighted by Gasteiger charge is -2.25. The van der Waals surface area contributed by atoms with Crippen molar-refractivity contribution < 1.29 is 9.59 Å². The Morgan fingerprint density at radius 3 is 2.48 bits per heavy atom. The van der Waals surface area contributed by atoms with E-state index in [-0.39, 0.29) is 17.9 Å². The van der Waals surface area contributed by atoms with Gasteiger partial charge in [0.1, 0.15) is 0 Å². The van der Waals surface area contributed by atoms with E-state index < -0.39 is 0 Å². The van der Waals surface area contributed by atoms with Gasteiger partial charge in [0.05, 0.1) is 6.04 Å². The summed E-state index contributed by atoms with van der Waals surface area (Å²) in [5, 5.41) is 6.09. The molecule has 0 aliphatic heterocycles. The number of nitrogens with one attached hydrogen (secondary N) is 2. The molecule has 2 N–H and O–H groups in total. The molecule has 0 saturated heterocycles. The molecular weight excluding hydrogens is 336 g/mol. The van der Waals surface area contributed by atoms with Crippen molar-refractivity contribution in [3.8, 4) is 0 Å². The van der Waals surface area contributed by atoms with Crippen molar-refractivity contribution in [2.45, 2.75) is 44.2 Å². The summed E-state index contributed by atoms with van der Waals surface area (Å²) in [6.45, 7) is 0. The van der Waals surface area contributed by atoms with Crippen molar-refractivity contribution in [3.05, 3.63) is 76.9 Å². The van der Waals surface area contributed by atoms with Crippen LogP contribution in [0.15, 0.2) is 54.6 Å². The number of carbonyl (C=O) groups is 2. The van der Waals surface area contributed by atoms with Crippen molar-refractivity contribution in [1.82, 2.24) is 10.6 Å². The zero-order valence-corrected chi connectivity index (χ0v) is 15.3. The van der Waals surface area contributed by atoms with E-state index in [1.807, 2.05) is 18.2 Å². The van der Waals surface area contributed by atoms with Crippen LogP contribution in [0.25, 0.3) is 6.08 Å². The van der Waals surface area contributed by atoms with Crippen LogP contribution in [0.5, 0.6) is 0 Å². The summed E-state index contributed by atoms with van der Waals surface area (Å²) in [6, 6.07) is 16.1. The molecule has 1 fully saturated rings. The fraction of sp³-hybridized carbons (Fsp3) is 0.304. The Morgan fingerprint density at radius 1 is 0.926 bits per heavy atom. The van der Waals surface area contributed by atoms with Gasteiger partial charge in [0.15, 0.2) is 0 Å². The maximum Gasteiger partial charge on any atom is 0.251 e. The summed E-state index contributed by atoms with van der Waals surface area (Å²) in [6.07, 6.45) is 8.65. The minimum absolute atomic E-state index is 0.0262. The van der Waals surface area contributed by atoms with Gasteiger partial charge in [-0.1, -0.05) is 36.4 Å². The van der Waals surface area contributed by atoms with Crippen molar-refractivity contribution >= 4 is 17.9 Å². The lowest BCUT2D eigenvalue weighted by Crippen LogP contribution is -2.29. The minimum atomic E-state index is -0.0905. The van der Waals surface area contributed by atoms with E-state index in [4.69, 9.17) is 0 Å². The SMILES string of the molecule is O=C(/C=C/c1ccc(C(=O)NC2CC2)cc1)NC1CCCc2ccccc21. The second-order valence-electron chi connectivity index (χ2n) is 7.36. The molecule has 2 amide bonds. The largest absolute Gasteiger partial charge is 0.349 e. The molecule has 2 aliphatic carbocycles. The molecule has 1 unspecified atom stereocenters. The molecule has 2 aliphatic rings. The van der Waals surface area contributed by atoms with Crippen LogP contribution in [-0.2, 0) is 11.2 Å². The number of hydrogen-bond donors (Lipinski definition) is 2. The number of carbonyl (C=O) groups excluding carboxylic acids is 2. The number of aryl methyl sites for hydroxylation is 1. The van der Waals surface area contributed by atoms with Gasteiger partial charge in [-0.3, -0.25) is 9.59 Å². The van der Waals surface area contributed by atoms with E-state index in [2.05, 4.69) is 28.8 Å². The van der Waals surface area contributed by atoms with Gasteiger partial charge in [-0.25, -0.2) is 0 Å². The molecule has 0 heterocycles. The smallest absolute Gasteiger partial charge is 0.251 e. The van der Waals surface area contributed by atoms with E-state index >= 15 is 0 Å². The molecule has 27 heavy (non-hydrogen) atoms. The predicted octanol–water partition coefficient (Wildman–Crippen LogP) is 3.79. The molecular formula is C23H24N2O2. The number of benzene rings is 2. The number of rotatable bonds is 5. The topological polar surface area (TPSA) is 58.2 Å². The molecule has 4 rings (SSSR count). The normalized spacial score (nSPS) is 18.7. The molecule has 0 spiro atoms. The molecule has 4 nitrogen and oxygen atoms in total. The van der Waals surface area contributed by atoms with E-state index in [9.17, 15) is 9.59 Å². The lowest BCUT2D eigenvalue weighted by atomic mass is 9.88. The summed E-state index contributed by atoms with van der Waals surface area (Å²) in [5.41, 5.74) is 4.12. The summed E-state index contributed by atoms with van der Waals surface area (Å²) in [4.78, 5) is 24.3. The molecule has 1 atom stereocenters. The van der Waals surface area contributed by atoms with E-state index in [0.29, 0.717) is 11.6 Å². The Labute approximate surface area is 159 Å². The monoisotopic (exact) mass is 360 g/mol. The molecule has 2 aromatic carbocycles. The molecule has 0 bridgehead atoms. The second kappa shape index (κ2) is 7.78. The third-order valence-electron chi connectivity index (χ3n) is 5.20. The Kier molecular flexibility index (Phi) is 5.05. The summed E-state index contributed by atoms with van der Waals surface area (Å²) >= 11 is 0. The van der Waals surface area contributed by atoms with Gasteiger partial charge in [0.25, 0.3) is 5.91 Å². The van der Waals surface area contributed by atoms with Crippen LogP contribution >= 0.6 is 0 Å². The van der Waals surface area contributed by atoms with Crippen molar-refractivity contribution in [2.75, 3.05) is 0 Å². The predicted molar refractivity (Wildman–Crippen MR) is 106 cm³/mol. The fourth-order valence-corrected chi connectivity index (χ4v) is 3.54. The van der Waals surface area contributed by atoms with Crippen LogP contribution in [-0.4, -0.2) is 17.9 Å². The highest BCUT2D eigenvalue weighted by atomic mass is 16.2. The molecule has 4 heteroatoms. The van der Waals surface area contributed by atoms with Gasteiger partial charge in [-0.2, -0.15) is 0 Å². The second-order valence-corrected chi connectivity index (χ2v) is 7.36. The molecule has 2 aromatic rings. The van der Waals surface area contributed by atoms with E-state index in [0.717, 1.165) is 37.7 Å².